The van der Waals surface area contributed by atoms with E-state index in [1.807, 2.05) is 50.2 Å². The predicted octanol–water partition coefficient (Wildman–Crippen LogP) is 3.22. The van der Waals surface area contributed by atoms with E-state index in [1.165, 1.54) is 0 Å². The van der Waals surface area contributed by atoms with Gasteiger partial charge in [-0.05, 0) is 26.0 Å². The Morgan fingerprint density at radius 2 is 1.42 bits per heavy atom. The molecule has 0 aliphatic carbocycles. The second-order valence-electron chi connectivity index (χ2n) is 4.91. The Morgan fingerprint density at radius 1 is 0.917 bits per heavy atom. The van der Waals surface area contributed by atoms with Gasteiger partial charge in [0.15, 0.2) is 0 Å². The summed E-state index contributed by atoms with van der Waals surface area (Å²) in [4.78, 5) is 12.2. The number of ether oxygens (including phenoxy) is 2. The van der Waals surface area contributed by atoms with Gasteiger partial charge >= 0.3 is 0 Å². The van der Waals surface area contributed by atoms with Gasteiger partial charge in [-0.25, -0.2) is 5.43 Å². The van der Waals surface area contributed by atoms with Crippen molar-refractivity contribution in [1.82, 2.24) is 5.43 Å². The number of benzene rings is 2. The van der Waals surface area contributed by atoms with E-state index in [1.54, 1.807) is 24.3 Å². The summed E-state index contributed by atoms with van der Waals surface area (Å²) < 4.78 is 11.3. The van der Waals surface area contributed by atoms with E-state index in [4.69, 9.17) is 9.47 Å². The molecule has 1 amide bonds. The SMILES string of the molecule is CCOC(OCC)/C(=N/NC(=O)c1ccccc1)c1ccccc1. The van der Waals surface area contributed by atoms with E-state index in [-0.39, 0.29) is 5.91 Å². The van der Waals surface area contributed by atoms with Crippen molar-refractivity contribution in [1.29, 1.82) is 0 Å². The Hall–Kier alpha value is -2.50. The first-order valence-electron chi connectivity index (χ1n) is 7.97. The fraction of sp³-hybridized carbons (Fsp3) is 0.263. The van der Waals surface area contributed by atoms with Crippen LogP contribution in [0.4, 0.5) is 0 Å². The van der Waals surface area contributed by atoms with Gasteiger partial charge in [-0.3, -0.25) is 4.79 Å². The van der Waals surface area contributed by atoms with Crippen molar-refractivity contribution < 1.29 is 14.3 Å². The molecule has 2 rings (SSSR count). The lowest BCUT2D eigenvalue weighted by atomic mass is 10.1. The molecular formula is C19H22N2O3. The van der Waals surface area contributed by atoms with E-state index in [0.29, 0.717) is 24.5 Å². The molecule has 24 heavy (non-hydrogen) atoms. The molecule has 0 fully saturated rings. The number of hydrazone groups is 1. The van der Waals surface area contributed by atoms with Gasteiger partial charge in [-0.15, -0.1) is 0 Å². The van der Waals surface area contributed by atoms with Gasteiger partial charge in [-0.1, -0.05) is 48.5 Å². The smallest absolute Gasteiger partial charge is 0.271 e. The molecular weight excluding hydrogens is 304 g/mol. The molecule has 0 saturated carbocycles. The van der Waals surface area contributed by atoms with Crippen molar-refractivity contribution in [3.63, 3.8) is 0 Å². The second kappa shape index (κ2) is 9.60. The maximum atomic E-state index is 12.2. The van der Waals surface area contributed by atoms with Gasteiger partial charge in [0, 0.05) is 24.3 Å². The van der Waals surface area contributed by atoms with Crippen LogP contribution in [0, 0.1) is 0 Å². The minimum Gasteiger partial charge on any atom is -0.347 e. The molecule has 0 saturated heterocycles. The van der Waals surface area contributed by atoms with Crippen LogP contribution in [0.3, 0.4) is 0 Å². The molecule has 0 spiro atoms. The first-order chi connectivity index (χ1) is 11.8. The number of hydrogen-bond acceptors (Lipinski definition) is 4. The zero-order valence-electron chi connectivity index (χ0n) is 13.9. The van der Waals surface area contributed by atoms with Gasteiger partial charge in [0.2, 0.25) is 6.29 Å². The van der Waals surface area contributed by atoms with Crippen LogP contribution in [0.25, 0.3) is 0 Å². The lowest BCUT2D eigenvalue weighted by Crippen LogP contribution is -2.31. The molecule has 0 bridgehead atoms. The number of rotatable bonds is 8. The van der Waals surface area contributed by atoms with Crippen LogP contribution in [0.5, 0.6) is 0 Å². The normalized spacial score (nSPS) is 11.5. The van der Waals surface area contributed by atoms with E-state index in [0.717, 1.165) is 5.56 Å². The fourth-order valence-electron chi connectivity index (χ4n) is 2.14. The largest absolute Gasteiger partial charge is 0.347 e. The summed E-state index contributed by atoms with van der Waals surface area (Å²) >= 11 is 0. The summed E-state index contributed by atoms with van der Waals surface area (Å²) in [6, 6.07) is 18.5. The second-order valence-corrected chi connectivity index (χ2v) is 4.91. The number of carbonyl (C=O) groups excluding carboxylic acids is 1. The molecule has 2 aromatic rings. The van der Waals surface area contributed by atoms with Crippen molar-refractivity contribution in [2.24, 2.45) is 5.10 Å². The average molecular weight is 326 g/mol. The van der Waals surface area contributed by atoms with Gasteiger partial charge in [-0.2, -0.15) is 5.10 Å². The Morgan fingerprint density at radius 3 is 1.92 bits per heavy atom. The van der Waals surface area contributed by atoms with E-state index in [9.17, 15) is 4.79 Å². The maximum Gasteiger partial charge on any atom is 0.271 e. The summed E-state index contributed by atoms with van der Waals surface area (Å²) in [5, 5.41) is 4.27. The summed E-state index contributed by atoms with van der Waals surface area (Å²) in [5.74, 6) is -0.282. The number of nitrogens with zero attached hydrogens (tertiary/aromatic N) is 1. The third-order valence-electron chi connectivity index (χ3n) is 3.24. The fourth-order valence-corrected chi connectivity index (χ4v) is 2.14. The van der Waals surface area contributed by atoms with Crippen LogP contribution in [-0.2, 0) is 9.47 Å². The Labute approximate surface area is 142 Å². The van der Waals surface area contributed by atoms with Gasteiger partial charge in [0.1, 0.15) is 5.71 Å². The molecule has 1 N–H and O–H groups in total. The van der Waals surface area contributed by atoms with Gasteiger partial charge < -0.3 is 9.47 Å². The first-order valence-corrected chi connectivity index (χ1v) is 7.97. The van der Waals surface area contributed by atoms with Crippen molar-refractivity contribution in [2.75, 3.05) is 13.2 Å². The Balaban J connectivity index is 2.26. The van der Waals surface area contributed by atoms with Crippen molar-refractivity contribution in [3.8, 4) is 0 Å². The lowest BCUT2D eigenvalue weighted by molar-refractivity contribution is -0.0897. The highest BCUT2D eigenvalue weighted by Crippen LogP contribution is 2.10. The first kappa shape index (κ1) is 17.8. The quantitative estimate of drug-likeness (QED) is 0.460. The lowest BCUT2D eigenvalue weighted by Gasteiger charge is -2.19. The number of carbonyl (C=O) groups is 1. The third kappa shape index (κ3) is 5.01. The highest BCUT2D eigenvalue weighted by molar-refractivity contribution is 6.04. The molecule has 0 unspecified atom stereocenters. The Bertz CT molecular complexity index is 651. The number of nitrogens with one attached hydrogen (secondary N) is 1. The number of hydrogen-bond donors (Lipinski definition) is 1. The summed E-state index contributed by atoms with van der Waals surface area (Å²) in [7, 11) is 0. The highest BCUT2D eigenvalue weighted by atomic mass is 16.7. The van der Waals surface area contributed by atoms with Crippen molar-refractivity contribution >= 4 is 11.6 Å². The molecule has 5 nitrogen and oxygen atoms in total. The molecule has 5 heteroatoms. The van der Waals surface area contributed by atoms with E-state index in [2.05, 4.69) is 10.5 Å². The zero-order chi connectivity index (χ0) is 17.2. The van der Waals surface area contributed by atoms with Gasteiger partial charge in [0.25, 0.3) is 5.91 Å². The van der Waals surface area contributed by atoms with Crippen molar-refractivity contribution in [3.05, 3.63) is 71.8 Å². The van der Waals surface area contributed by atoms with Crippen molar-refractivity contribution in [2.45, 2.75) is 20.1 Å². The molecule has 2 aromatic carbocycles. The van der Waals surface area contributed by atoms with Crippen LogP contribution in [0.1, 0.15) is 29.8 Å². The topological polar surface area (TPSA) is 59.9 Å². The molecule has 0 aliphatic rings. The zero-order valence-corrected chi connectivity index (χ0v) is 13.9. The Kier molecular flexibility index (Phi) is 7.14. The molecule has 0 radical (unpaired) electrons. The molecule has 0 heterocycles. The standard InChI is InChI=1S/C19H22N2O3/c1-3-23-19(24-4-2)17(15-11-7-5-8-12-15)20-21-18(22)16-13-9-6-10-14-16/h5-14,19H,3-4H2,1-2H3,(H,21,22)/b20-17+. The monoisotopic (exact) mass is 326 g/mol. The summed E-state index contributed by atoms with van der Waals surface area (Å²) in [5.41, 5.74) is 4.49. The van der Waals surface area contributed by atoms with Crippen LogP contribution in [-0.4, -0.2) is 31.1 Å². The minimum atomic E-state index is -0.640. The average Bonchev–Trinajstić information content (AvgIpc) is 2.63. The molecule has 0 atom stereocenters. The van der Waals surface area contributed by atoms with Gasteiger partial charge in [0.05, 0.1) is 0 Å². The van der Waals surface area contributed by atoms with Crippen LogP contribution >= 0.6 is 0 Å². The van der Waals surface area contributed by atoms with Crippen LogP contribution < -0.4 is 5.43 Å². The maximum absolute atomic E-state index is 12.2. The van der Waals surface area contributed by atoms with E-state index < -0.39 is 6.29 Å². The number of amides is 1. The molecule has 0 aromatic heterocycles. The third-order valence-corrected chi connectivity index (χ3v) is 3.24. The van der Waals surface area contributed by atoms with Crippen LogP contribution in [0.2, 0.25) is 0 Å². The molecule has 0 aliphatic heterocycles. The highest BCUT2D eigenvalue weighted by Gasteiger charge is 2.19. The summed E-state index contributed by atoms with van der Waals surface area (Å²) in [6.45, 7) is 4.72. The van der Waals surface area contributed by atoms with E-state index >= 15 is 0 Å². The van der Waals surface area contributed by atoms with Crippen LogP contribution in [0.15, 0.2) is 65.8 Å². The molecule has 126 valence electrons. The summed E-state index contributed by atoms with van der Waals surface area (Å²) in [6.07, 6.45) is -0.640. The predicted molar refractivity (Wildman–Crippen MR) is 93.9 cm³/mol. The minimum absolute atomic E-state index is 0.282.